The number of alkyl carbamates (subject to hydrolysis) is 1. The zero-order chi connectivity index (χ0) is 12.8. The van der Waals surface area contributed by atoms with Gasteiger partial charge >= 0.3 is 6.09 Å². The standard InChI is InChI=1S/C11H20N2O4/c1-8(15)13-6-9(3-4-14)5-10(7-13)12-11(16)17-2/h9-10,14H,3-7H2,1-2H3,(H,12,16). The molecular formula is C11H20N2O4. The lowest BCUT2D eigenvalue weighted by molar-refractivity contribution is -0.131. The number of nitrogens with zero attached hydrogens (tertiary/aromatic N) is 1. The summed E-state index contributed by atoms with van der Waals surface area (Å²) in [4.78, 5) is 24.2. The van der Waals surface area contributed by atoms with Crippen LogP contribution in [0, 0.1) is 5.92 Å². The number of hydrogen-bond acceptors (Lipinski definition) is 4. The van der Waals surface area contributed by atoms with Gasteiger partial charge in [-0.2, -0.15) is 0 Å². The number of carbonyl (C=O) groups is 2. The normalized spacial score (nSPS) is 24.3. The predicted octanol–water partition coefficient (Wildman–Crippen LogP) is -0.0382. The molecule has 0 bridgehead atoms. The van der Waals surface area contributed by atoms with Gasteiger partial charge in [0.15, 0.2) is 0 Å². The maximum atomic E-state index is 11.4. The predicted molar refractivity (Wildman–Crippen MR) is 61.4 cm³/mol. The SMILES string of the molecule is COC(=O)NC1CC(CCO)CN(C(C)=O)C1. The maximum Gasteiger partial charge on any atom is 0.407 e. The highest BCUT2D eigenvalue weighted by Crippen LogP contribution is 2.20. The Morgan fingerprint density at radius 3 is 2.71 bits per heavy atom. The molecule has 0 radical (unpaired) electrons. The van der Waals surface area contributed by atoms with Crippen LogP contribution in [0.15, 0.2) is 0 Å². The molecule has 2 atom stereocenters. The van der Waals surface area contributed by atoms with Gasteiger partial charge in [-0.1, -0.05) is 0 Å². The van der Waals surface area contributed by atoms with Crippen molar-refractivity contribution in [1.29, 1.82) is 0 Å². The first kappa shape index (κ1) is 13.8. The Morgan fingerprint density at radius 2 is 2.18 bits per heavy atom. The van der Waals surface area contributed by atoms with Crippen LogP contribution in [0.4, 0.5) is 4.79 Å². The summed E-state index contributed by atoms with van der Waals surface area (Å²) in [6.07, 6.45) is 0.922. The quantitative estimate of drug-likeness (QED) is 0.730. The van der Waals surface area contributed by atoms with Gasteiger partial charge in [-0.3, -0.25) is 4.79 Å². The van der Waals surface area contributed by atoms with Gasteiger partial charge in [0.2, 0.25) is 5.91 Å². The first-order valence-corrected chi connectivity index (χ1v) is 5.77. The van der Waals surface area contributed by atoms with E-state index in [1.54, 1.807) is 4.90 Å². The molecule has 6 heteroatoms. The van der Waals surface area contributed by atoms with Crippen LogP contribution in [-0.2, 0) is 9.53 Å². The highest BCUT2D eigenvalue weighted by molar-refractivity contribution is 5.73. The number of carbonyl (C=O) groups excluding carboxylic acids is 2. The van der Waals surface area contributed by atoms with E-state index in [1.165, 1.54) is 14.0 Å². The zero-order valence-corrected chi connectivity index (χ0v) is 10.3. The van der Waals surface area contributed by atoms with Crippen molar-refractivity contribution in [2.24, 2.45) is 5.92 Å². The van der Waals surface area contributed by atoms with Crippen LogP contribution in [0.3, 0.4) is 0 Å². The number of likely N-dealkylation sites (tertiary alicyclic amines) is 1. The highest BCUT2D eigenvalue weighted by atomic mass is 16.5. The van der Waals surface area contributed by atoms with Crippen LogP contribution in [-0.4, -0.2) is 54.9 Å². The van der Waals surface area contributed by atoms with Crippen molar-refractivity contribution in [1.82, 2.24) is 10.2 Å². The molecule has 2 N–H and O–H groups in total. The summed E-state index contributed by atoms with van der Waals surface area (Å²) in [7, 11) is 1.31. The van der Waals surface area contributed by atoms with E-state index in [0.717, 1.165) is 6.42 Å². The van der Waals surface area contributed by atoms with E-state index in [-0.39, 0.29) is 24.5 Å². The minimum absolute atomic E-state index is 0.00990. The molecular weight excluding hydrogens is 224 g/mol. The molecule has 17 heavy (non-hydrogen) atoms. The van der Waals surface area contributed by atoms with Gasteiger partial charge in [-0.05, 0) is 18.8 Å². The number of nitrogens with one attached hydrogen (secondary N) is 1. The number of piperidine rings is 1. The molecule has 1 rings (SSSR count). The third kappa shape index (κ3) is 4.22. The Labute approximate surface area is 101 Å². The fourth-order valence-corrected chi connectivity index (χ4v) is 2.18. The second-order valence-electron chi connectivity index (χ2n) is 4.37. The Kier molecular flexibility index (Phi) is 5.21. The third-order valence-electron chi connectivity index (χ3n) is 3.03. The zero-order valence-electron chi connectivity index (χ0n) is 10.3. The number of hydrogen-bond donors (Lipinski definition) is 2. The molecule has 0 aromatic rings. The molecule has 2 unspecified atom stereocenters. The van der Waals surface area contributed by atoms with Crippen LogP contribution < -0.4 is 5.32 Å². The van der Waals surface area contributed by atoms with Crippen molar-refractivity contribution in [2.75, 3.05) is 26.8 Å². The van der Waals surface area contributed by atoms with Crippen molar-refractivity contribution in [3.05, 3.63) is 0 Å². The minimum atomic E-state index is -0.483. The average molecular weight is 244 g/mol. The Bertz CT molecular complexity index is 283. The molecule has 0 saturated carbocycles. The van der Waals surface area contributed by atoms with Crippen LogP contribution in [0.25, 0.3) is 0 Å². The number of amides is 2. The van der Waals surface area contributed by atoms with E-state index in [0.29, 0.717) is 19.5 Å². The smallest absolute Gasteiger partial charge is 0.407 e. The second kappa shape index (κ2) is 6.44. The third-order valence-corrected chi connectivity index (χ3v) is 3.03. The van der Waals surface area contributed by atoms with E-state index in [9.17, 15) is 9.59 Å². The summed E-state index contributed by atoms with van der Waals surface area (Å²) in [5.41, 5.74) is 0. The van der Waals surface area contributed by atoms with Crippen LogP contribution in [0.2, 0.25) is 0 Å². The van der Waals surface area contributed by atoms with Crippen LogP contribution in [0.1, 0.15) is 19.8 Å². The lowest BCUT2D eigenvalue weighted by Crippen LogP contribution is -2.52. The first-order chi connectivity index (χ1) is 8.06. The highest BCUT2D eigenvalue weighted by Gasteiger charge is 2.29. The second-order valence-corrected chi connectivity index (χ2v) is 4.37. The van der Waals surface area contributed by atoms with Gasteiger partial charge in [0.1, 0.15) is 0 Å². The molecule has 1 fully saturated rings. The molecule has 0 aromatic heterocycles. The fraction of sp³-hybridized carbons (Fsp3) is 0.818. The minimum Gasteiger partial charge on any atom is -0.453 e. The lowest BCUT2D eigenvalue weighted by Gasteiger charge is -2.37. The van der Waals surface area contributed by atoms with Gasteiger partial charge in [0.05, 0.1) is 13.2 Å². The topological polar surface area (TPSA) is 78.9 Å². The van der Waals surface area contributed by atoms with E-state index >= 15 is 0 Å². The van der Waals surface area contributed by atoms with E-state index in [4.69, 9.17) is 5.11 Å². The van der Waals surface area contributed by atoms with Gasteiger partial charge in [0, 0.05) is 26.6 Å². The van der Waals surface area contributed by atoms with Gasteiger partial charge in [-0.15, -0.1) is 0 Å². The molecule has 1 saturated heterocycles. The van der Waals surface area contributed by atoms with Crippen molar-refractivity contribution in [3.63, 3.8) is 0 Å². The summed E-state index contributed by atoms with van der Waals surface area (Å²) in [6.45, 7) is 2.76. The number of ether oxygens (including phenoxy) is 1. The van der Waals surface area contributed by atoms with Crippen molar-refractivity contribution in [3.8, 4) is 0 Å². The lowest BCUT2D eigenvalue weighted by atomic mass is 9.92. The summed E-state index contributed by atoms with van der Waals surface area (Å²) >= 11 is 0. The average Bonchev–Trinajstić information content (AvgIpc) is 2.29. The summed E-state index contributed by atoms with van der Waals surface area (Å²) in [6, 6.07) is -0.100. The van der Waals surface area contributed by atoms with Gasteiger partial charge < -0.3 is 20.1 Å². The van der Waals surface area contributed by atoms with E-state index in [2.05, 4.69) is 10.1 Å². The van der Waals surface area contributed by atoms with Crippen LogP contribution in [0.5, 0.6) is 0 Å². The molecule has 98 valence electrons. The number of aliphatic hydroxyl groups is 1. The molecule has 6 nitrogen and oxygen atoms in total. The molecule has 0 aromatic carbocycles. The molecule has 2 amide bonds. The van der Waals surface area contributed by atoms with Crippen LogP contribution >= 0.6 is 0 Å². The van der Waals surface area contributed by atoms with Crippen molar-refractivity contribution in [2.45, 2.75) is 25.8 Å². The Balaban J connectivity index is 2.58. The Morgan fingerprint density at radius 1 is 1.47 bits per heavy atom. The summed E-state index contributed by atoms with van der Waals surface area (Å²) in [5.74, 6) is 0.212. The summed E-state index contributed by atoms with van der Waals surface area (Å²) < 4.78 is 4.54. The number of aliphatic hydroxyl groups excluding tert-OH is 1. The first-order valence-electron chi connectivity index (χ1n) is 5.77. The van der Waals surface area contributed by atoms with E-state index in [1.807, 2.05) is 0 Å². The number of rotatable bonds is 3. The van der Waals surface area contributed by atoms with Gasteiger partial charge in [0.25, 0.3) is 0 Å². The molecule has 0 aliphatic carbocycles. The molecule has 1 aliphatic heterocycles. The van der Waals surface area contributed by atoms with Crippen molar-refractivity contribution < 1.29 is 19.4 Å². The fourth-order valence-electron chi connectivity index (χ4n) is 2.18. The molecule has 1 aliphatic rings. The molecule has 1 heterocycles. The largest absolute Gasteiger partial charge is 0.453 e. The Hall–Kier alpha value is -1.30. The van der Waals surface area contributed by atoms with Gasteiger partial charge in [-0.25, -0.2) is 4.79 Å². The number of methoxy groups -OCH3 is 1. The molecule has 0 spiro atoms. The van der Waals surface area contributed by atoms with Crippen molar-refractivity contribution >= 4 is 12.0 Å². The maximum absolute atomic E-state index is 11.4. The summed E-state index contributed by atoms with van der Waals surface area (Å²) in [5, 5.41) is 11.6. The van der Waals surface area contributed by atoms with E-state index < -0.39 is 6.09 Å². The monoisotopic (exact) mass is 244 g/mol.